The van der Waals surface area contributed by atoms with E-state index in [2.05, 4.69) is 4.99 Å². The molecule has 2 aromatic carbocycles. The third-order valence-electron chi connectivity index (χ3n) is 4.74. The number of nitrogens with zero attached hydrogens (tertiary/aromatic N) is 5. The molecule has 0 aliphatic carbocycles. The van der Waals surface area contributed by atoms with Crippen LogP contribution in [0.25, 0.3) is 10.2 Å². The number of carbonyl (C=O) groups excluding carboxylic acids is 1. The summed E-state index contributed by atoms with van der Waals surface area (Å²) in [6.45, 7) is -0.0446. The molecule has 1 heterocycles. The van der Waals surface area contributed by atoms with Gasteiger partial charge in [-0.1, -0.05) is 34.5 Å². The minimum atomic E-state index is -3.92. The van der Waals surface area contributed by atoms with Gasteiger partial charge in [0.2, 0.25) is 10.0 Å². The van der Waals surface area contributed by atoms with Gasteiger partial charge in [0.05, 0.1) is 37.3 Å². The van der Waals surface area contributed by atoms with Gasteiger partial charge in [-0.2, -0.15) is 19.8 Å². The normalized spacial score (nSPS) is 12.1. The van der Waals surface area contributed by atoms with Crippen LogP contribution in [0.5, 0.6) is 0 Å². The average Bonchev–Trinajstić information content (AvgIpc) is 3.12. The molecule has 3 aromatic rings. The maximum absolute atomic E-state index is 12.9. The van der Waals surface area contributed by atoms with Crippen molar-refractivity contribution >= 4 is 60.7 Å². The van der Waals surface area contributed by atoms with Gasteiger partial charge in [-0.25, -0.2) is 8.42 Å². The van der Waals surface area contributed by atoms with Gasteiger partial charge in [0.25, 0.3) is 5.91 Å². The van der Waals surface area contributed by atoms with Crippen molar-refractivity contribution in [1.82, 2.24) is 8.87 Å². The monoisotopic (exact) mass is 521 g/mol. The van der Waals surface area contributed by atoms with Crippen LogP contribution in [0.1, 0.15) is 23.2 Å². The number of benzene rings is 2. The first kappa shape index (κ1) is 24.9. The third-order valence-corrected chi connectivity index (χ3v) is 8.54. The molecule has 0 N–H and O–H groups in total. The van der Waals surface area contributed by atoms with Crippen molar-refractivity contribution < 1.29 is 13.2 Å². The second-order valence-corrected chi connectivity index (χ2v) is 10.5. The molecule has 1 aromatic heterocycles. The van der Waals surface area contributed by atoms with Crippen molar-refractivity contribution in [2.24, 2.45) is 12.0 Å². The second kappa shape index (κ2) is 10.5. The van der Waals surface area contributed by atoms with E-state index in [0.29, 0.717) is 20.4 Å². The number of carbonyl (C=O) groups is 1. The van der Waals surface area contributed by atoms with Crippen LogP contribution in [0.15, 0.2) is 46.3 Å². The summed E-state index contributed by atoms with van der Waals surface area (Å²) in [6.07, 6.45) is 0.00302. The first-order valence-corrected chi connectivity index (χ1v) is 12.6. The van der Waals surface area contributed by atoms with Gasteiger partial charge in [-0.05, 0) is 36.4 Å². The van der Waals surface area contributed by atoms with Crippen molar-refractivity contribution in [2.75, 3.05) is 13.1 Å². The fourth-order valence-corrected chi connectivity index (χ4v) is 6.02. The first-order valence-electron chi connectivity index (χ1n) is 9.57. The quantitative estimate of drug-likeness (QED) is 0.463. The molecule has 1 amide bonds. The highest BCUT2D eigenvalue weighted by atomic mass is 35.5. The minimum Gasteiger partial charge on any atom is -0.318 e. The molecule has 3 rings (SSSR count). The van der Waals surface area contributed by atoms with Gasteiger partial charge >= 0.3 is 0 Å². The second-order valence-electron chi connectivity index (χ2n) is 6.81. The zero-order valence-electron chi connectivity index (χ0n) is 17.3. The van der Waals surface area contributed by atoms with Crippen molar-refractivity contribution in [1.29, 1.82) is 10.5 Å². The number of amides is 1. The number of fused-ring (bicyclic) bond motifs is 1. The van der Waals surface area contributed by atoms with E-state index in [0.717, 1.165) is 9.01 Å². The lowest BCUT2D eigenvalue weighted by Crippen LogP contribution is -2.32. The molecule has 0 fully saturated rings. The Kier molecular flexibility index (Phi) is 7.90. The topological polar surface area (TPSA) is 119 Å². The summed E-state index contributed by atoms with van der Waals surface area (Å²) in [4.78, 5) is 17.2. The molecule has 0 radical (unpaired) electrons. The Morgan fingerprint density at radius 1 is 1.09 bits per heavy atom. The number of hydrogen-bond acceptors (Lipinski definition) is 6. The number of halogens is 2. The molecule has 0 unspecified atom stereocenters. The highest BCUT2D eigenvalue weighted by Gasteiger charge is 2.24. The van der Waals surface area contributed by atoms with Crippen LogP contribution in [0.4, 0.5) is 0 Å². The smallest absolute Gasteiger partial charge is 0.279 e. The number of aromatic nitrogens is 1. The molecule has 0 atom stereocenters. The van der Waals surface area contributed by atoms with Crippen molar-refractivity contribution in [3.05, 3.63) is 56.8 Å². The van der Waals surface area contributed by atoms with Crippen LogP contribution < -0.4 is 4.80 Å². The highest BCUT2D eigenvalue weighted by molar-refractivity contribution is 7.89. The summed E-state index contributed by atoms with van der Waals surface area (Å²) in [7, 11) is -2.20. The average molecular weight is 522 g/mol. The van der Waals surface area contributed by atoms with E-state index in [1.807, 2.05) is 12.1 Å². The zero-order chi connectivity index (χ0) is 24.2. The van der Waals surface area contributed by atoms with Gasteiger partial charge in [-0.3, -0.25) is 4.79 Å². The number of aryl methyl sites for hydroxylation is 1. The zero-order valence-corrected chi connectivity index (χ0v) is 20.5. The van der Waals surface area contributed by atoms with Gasteiger partial charge in [0.1, 0.15) is 0 Å². The van der Waals surface area contributed by atoms with Crippen LogP contribution in [-0.2, 0) is 17.1 Å². The Morgan fingerprint density at radius 3 is 2.27 bits per heavy atom. The lowest BCUT2D eigenvalue weighted by molar-refractivity contribution is 0.0998. The Hall–Kier alpha value is -2.73. The molecule has 0 spiro atoms. The summed E-state index contributed by atoms with van der Waals surface area (Å²) in [5, 5.41) is 18.3. The predicted octanol–water partition coefficient (Wildman–Crippen LogP) is 4.11. The summed E-state index contributed by atoms with van der Waals surface area (Å²) in [5.41, 5.74) is 0.869. The van der Waals surface area contributed by atoms with E-state index < -0.39 is 15.9 Å². The molecule has 0 saturated carbocycles. The maximum atomic E-state index is 12.9. The molecule has 0 aliphatic heterocycles. The van der Waals surface area contributed by atoms with E-state index in [1.54, 1.807) is 23.7 Å². The van der Waals surface area contributed by atoms with E-state index in [-0.39, 0.29) is 36.4 Å². The fraction of sp³-hybridized carbons (Fsp3) is 0.238. The van der Waals surface area contributed by atoms with E-state index >= 15 is 0 Å². The molecule has 8 nitrogen and oxygen atoms in total. The summed E-state index contributed by atoms with van der Waals surface area (Å²) in [5.74, 6) is -0.547. The van der Waals surface area contributed by atoms with E-state index in [4.69, 9.17) is 33.7 Å². The van der Waals surface area contributed by atoms with Crippen molar-refractivity contribution in [3.63, 3.8) is 0 Å². The SMILES string of the molecule is Cn1c(=NC(=O)c2ccc(S(=O)(=O)N(CCC#N)CCC#N)cc2)sc2ccc(Cl)c(Cl)c21. The third kappa shape index (κ3) is 5.27. The predicted molar refractivity (Wildman–Crippen MR) is 126 cm³/mol. The van der Waals surface area contributed by atoms with E-state index in [9.17, 15) is 13.2 Å². The van der Waals surface area contributed by atoms with Crippen LogP contribution in [0, 0.1) is 22.7 Å². The Morgan fingerprint density at radius 2 is 1.70 bits per heavy atom. The number of sulfonamides is 1. The minimum absolute atomic E-state index is 0.00151. The Balaban J connectivity index is 1.91. The molecule has 0 saturated heterocycles. The fourth-order valence-electron chi connectivity index (χ4n) is 3.05. The van der Waals surface area contributed by atoms with Crippen LogP contribution >= 0.6 is 34.5 Å². The largest absolute Gasteiger partial charge is 0.318 e. The molecular weight excluding hydrogens is 505 g/mol. The number of nitriles is 2. The van der Waals surface area contributed by atoms with E-state index in [1.165, 1.54) is 35.6 Å². The lowest BCUT2D eigenvalue weighted by Gasteiger charge is -2.20. The van der Waals surface area contributed by atoms with Gasteiger partial charge in [0.15, 0.2) is 4.80 Å². The van der Waals surface area contributed by atoms with Crippen LogP contribution in [0.3, 0.4) is 0 Å². The number of rotatable bonds is 7. The van der Waals surface area contributed by atoms with Gasteiger partial charge in [0, 0.05) is 38.5 Å². The van der Waals surface area contributed by atoms with Crippen molar-refractivity contribution in [2.45, 2.75) is 17.7 Å². The first-order chi connectivity index (χ1) is 15.7. The lowest BCUT2D eigenvalue weighted by atomic mass is 10.2. The number of hydrogen-bond donors (Lipinski definition) is 0. The molecule has 12 heteroatoms. The molecule has 0 aliphatic rings. The van der Waals surface area contributed by atoms with Crippen molar-refractivity contribution in [3.8, 4) is 12.1 Å². The Bertz CT molecular complexity index is 1450. The number of thiazole rings is 1. The Labute approximate surface area is 204 Å². The van der Waals surface area contributed by atoms with Gasteiger partial charge < -0.3 is 4.57 Å². The highest BCUT2D eigenvalue weighted by Crippen LogP contribution is 2.31. The molecule has 170 valence electrons. The maximum Gasteiger partial charge on any atom is 0.279 e. The van der Waals surface area contributed by atoms with Crippen LogP contribution in [0.2, 0.25) is 10.0 Å². The standard InChI is InChI=1S/C21H17Cl2N5O3S2/c1-27-19-17(9-8-16(22)18(19)23)32-21(27)26-20(29)14-4-6-15(7-5-14)33(30,31)28(12-2-10-24)13-3-11-25/h4-9H,2-3,12-13H2,1H3. The van der Waals surface area contributed by atoms with Gasteiger partial charge in [-0.15, -0.1) is 0 Å². The molecular formula is C21H17Cl2N5O3S2. The molecule has 0 bridgehead atoms. The van der Waals surface area contributed by atoms with Crippen LogP contribution in [-0.4, -0.2) is 36.3 Å². The summed E-state index contributed by atoms with van der Waals surface area (Å²) >= 11 is 13.6. The summed E-state index contributed by atoms with van der Waals surface area (Å²) < 4.78 is 29.4. The summed E-state index contributed by atoms with van der Waals surface area (Å²) in [6, 6.07) is 12.6. The molecule has 33 heavy (non-hydrogen) atoms.